The van der Waals surface area contributed by atoms with Crippen molar-refractivity contribution >= 4 is 53.4 Å². The van der Waals surface area contributed by atoms with Crippen LogP contribution in [0.1, 0.15) is 81.9 Å². The summed E-state index contributed by atoms with van der Waals surface area (Å²) in [6.45, 7) is 5.65. The van der Waals surface area contributed by atoms with E-state index < -0.39 is 58.7 Å². The van der Waals surface area contributed by atoms with Crippen LogP contribution in [-0.4, -0.2) is 112 Å². The summed E-state index contributed by atoms with van der Waals surface area (Å²) in [7, 11) is -9.89. The highest BCUT2D eigenvalue weighted by Gasteiger charge is 2.48. The number of carboxylic acids is 1. The van der Waals surface area contributed by atoms with E-state index in [1.165, 1.54) is 12.1 Å². The second-order valence-corrected chi connectivity index (χ2v) is 19.9. The van der Waals surface area contributed by atoms with Gasteiger partial charge in [-0.05, 0) is 94.2 Å². The third-order valence-corrected chi connectivity index (χ3v) is 13.5. The minimum Gasteiger partial charge on any atom is -0.481 e. The molecule has 2 atom stereocenters. The van der Waals surface area contributed by atoms with Crippen LogP contribution in [0.2, 0.25) is 0 Å². The van der Waals surface area contributed by atoms with Crippen LogP contribution in [0, 0.1) is 0 Å². The molecule has 2 heterocycles. The van der Waals surface area contributed by atoms with Gasteiger partial charge >= 0.3 is 5.97 Å². The molecule has 59 heavy (non-hydrogen) atoms. The lowest BCUT2D eigenvalue weighted by Gasteiger charge is -2.30. The minimum atomic E-state index is -4.57. The summed E-state index contributed by atoms with van der Waals surface area (Å²) in [6.07, 6.45) is 12.8. The highest BCUT2D eigenvalue weighted by molar-refractivity contribution is 7.86. The zero-order valence-corrected chi connectivity index (χ0v) is 36.5. The summed E-state index contributed by atoms with van der Waals surface area (Å²) >= 11 is 0. The molecular formula is C41H57N2O13S3+. The largest absolute Gasteiger partial charge is 0.481 e. The van der Waals surface area contributed by atoms with E-state index in [2.05, 4.69) is 11.0 Å². The number of benzene rings is 2. The third-order valence-electron chi connectivity index (χ3n) is 11.1. The van der Waals surface area contributed by atoms with Crippen LogP contribution >= 0.6 is 0 Å². The van der Waals surface area contributed by atoms with Crippen molar-refractivity contribution in [3.63, 3.8) is 0 Å². The highest BCUT2D eigenvalue weighted by Crippen LogP contribution is 2.51. The Morgan fingerprint density at radius 1 is 0.780 bits per heavy atom. The van der Waals surface area contributed by atoms with E-state index in [-0.39, 0.29) is 30.6 Å². The van der Waals surface area contributed by atoms with Crippen molar-refractivity contribution in [1.29, 1.82) is 0 Å². The highest BCUT2D eigenvalue weighted by atomic mass is 32.2. The molecule has 15 nitrogen and oxygen atoms in total. The van der Waals surface area contributed by atoms with Crippen molar-refractivity contribution in [3.8, 4) is 0 Å². The summed E-state index contributed by atoms with van der Waals surface area (Å²) in [5, 5.41) is 9.16. The van der Waals surface area contributed by atoms with Crippen LogP contribution in [0.4, 0.5) is 11.4 Å². The monoisotopic (exact) mass is 881 g/mol. The number of methoxy groups -OCH3 is 2. The lowest BCUT2D eigenvalue weighted by molar-refractivity contribution is -0.441. The van der Waals surface area contributed by atoms with Gasteiger partial charge < -0.3 is 19.5 Å². The first kappa shape index (κ1) is 47.9. The number of carboxylic acid groups (broad SMARTS) is 1. The van der Waals surface area contributed by atoms with Gasteiger partial charge in [0.2, 0.25) is 5.69 Å². The predicted molar refractivity (Wildman–Crippen MR) is 226 cm³/mol. The van der Waals surface area contributed by atoms with Crippen molar-refractivity contribution in [3.05, 3.63) is 89.2 Å². The molecule has 2 aliphatic rings. The third kappa shape index (κ3) is 12.6. The molecule has 326 valence electrons. The molecule has 0 saturated carbocycles. The number of rotatable bonds is 24. The van der Waals surface area contributed by atoms with E-state index in [9.17, 15) is 43.7 Å². The number of aliphatic carboxylic acids is 1. The first-order valence-corrected chi connectivity index (χ1v) is 24.1. The van der Waals surface area contributed by atoms with Crippen LogP contribution in [0.15, 0.2) is 77.4 Å². The second-order valence-electron chi connectivity index (χ2n) is 15.4. The van der Waals surface area contributed by atoms with E-state index in [0.29, 0.717) is 75.4 Å². The van der Waals surface area contributed by atoms with Gasteiger partial charge in [-0.1, -0.05) is 36.8 Å². The minimum absolute atomic E-state index is 0.0539. The Morgan fingerprint density at radius 2 is 1.44 bits per heavy atom. The first-order chi connectivity index (χ1) is 27.6. The van der Waals surface area contributed by atoms with Crippen LogP contribution in [-0.2, 0) is 61.9 Å². The van der Waals surface area contributed by atoms with Gasteiger partial charge in [0.05, 0.1) is 28.4 Å². The molecule has 0 fully saturated rings. The molecule has 0 spiro atoms. The zero-order valence-electron chi connectivity index (χ0n) is 34.0. The van der Waals surface area contributed by atoms with Gasteiger partial charge in [0.25, 0.3) is 30.4 Å². The average Bonchev–Trinajstić information content (AvgIpc) is 3.50. The molecule has 2 aromatic carbocycles. The maximum absolute atomic E-state index is 12.2. The normalized spacial score (nSPS) is 20.4. The fraction of sp³-hybridized carbons (Fsp3) is 0.512. The number of fused-ring (bicyclic) bond motifs is 2. The van der Waals surface area contributed by atoms with E-state index in [0.717, 1.165) is 22.5 Å². The van der Waals surface area contributed by atoms with Crippen LogP contribution in [0.5, 0.6) is 0 Å². The van der Waals surface area contributed by atoms with Crippen molar-refractivity contribution in [2.24, 2.45) is 0 Å². The molecular weight excluding hydrogens is 825 g/mol. The Kier molecular flexibility index (Phi) is 16.4. The molecule has 2 aromatic rings. The molecule has 2 unspecified atom stereocenters. The number of anilines is 1. The summed E-state index contributed by atoms with van der Waals surface area (Å²) in [5.74, 6) is -1.76. The molecule has 0 amide bonds. The van der Waals surface area contributed by atoms with E-state index in [1.807, 2.05) is 54.9 Å². The Morgan fingerprint density at radius 3 is 2.05 bits per heavy atom. The maximum Gasteiger partial charge on any atom is 0.303 e. The predicted octanol–water partition coefficient (Wildman–Crippen LogP) is 5.88. The van der Waals surface area contributed by atoms with Gasteiger partial charge in [0.15, 0.2) is 12.3 Å². The molecule has 2 aliphatic heterocycles. The van der Waals surface area contributed by atoms with Gasteiger partial charge in [-0.15, -0.1) is 0 Å². The van der Waals surface area contributed by atoms with Crippen molar-refractivity contribution in [2.75, 3.05) is 56.9 Å². The summed E-state index contributed by atoms with van der Waals surface area (Å²) < 4.78 is 113. The zero-order chi connectivity index (χ0) is 43.6. The number of allylic oxidation sites excluding steroid dienone is 6. The maximum atomic E-state index is 12.2. The Labute approximate surface area is 348 Å². The van der Waals surface area contributed by atoms with Crippen LogP contribution in [0.3, 0.4) is 0 Å². The number of unbranched alkanes of at least 4 members (excludes halogenated alkanes) is 2. The Bertz CT molecular complexity index is 2300. The lowest BCUT2D eigenvalue weighted by Crippen LogP contribution is -2.32. The van der Waals surface area contributed by atoms with Crippen molar-refractivity contribution < 1.29 is 62.9 Å². The molecule has 4 rings (SSSR count). The van der Waals surface area contributed by atoms with E-state index in [1.54, 1.807) is 26.4 Å². The standard InChI is InChI=1S/C41H56N2O13S3/c1-40(21-11-27-57(46,47)48)33-29-31(20-25-55-3)16-18-35(33)42(23-10-6-9-15-39(44)45)37(40)13-7-5-8-14-38-41(2,22-12-28-58(49,50)51)34-30-32(59(52,53)54)17-19-36(34)43(38)24-26-56-4/h5,7-8,13-14,16-19,29-30H,6,9-12,15,20-28H2,1-4H3,(H3-,44,45,46,47,48,49,50,51,52,53,54)/p+1. The summed E-state index contributed by atoms with van der Waals surface area (Å²) in [5.41, 5.74) is 4.18. The molecule has 0 aromatic heterocycles. The van der Waals surface area contributed by atoms with E-state index in [4.69, 9.17) is 14.6 Å². The Hall–Kier alpha value is -3.75. The van der Waals surface area contributed by atoms with Gasteiger partial charge in [-0.25, -0.2) is 0 Å². The van der Waals surface area contributed by atoms with Gasteiger partial charge in [-0.2, -0.15) is 29.8 Å². The number of carbonyl (C=O) groups is 1. The number of ether oxygens (including phenoxy) is 2. The molecule has 0 saturated heterocycles. The second kappa shape index (κ2) is 20.2. The fourth-order valence-corrected chi connectivity index (χ4v) is 9.68. The van der Waals surface area contributed by atoms with E-state index >= 15 is 0 Å². The number of hydrogen-bond acceptors (Lipinski definition) is 10. The first-order valence-electron chi connectivity index (χ1n) is 19.5. The van der Waals surface area contributed by atoms with Crippen molar-refractivity contribution in [1.82, 2.24) is 0 Å². The van der Waals surface area contributed by atoms with Crippen LogP contribution < -0.4 is 4.90 Å². The fourth-order valence-electron chi connectivity index (χ4n) is 8.15. The molecule has 0 aliphatic carbocycles. The molecule has 18 heteroatoms. The van der Waals surface area contributed by atoms with Gasteiger partial charge in [0, 0.05) is 61.7 Å². The van der Waals surface area contributed by atoms with Gasteiger partial charge in [-0.3, -0.25) is 18.5 Å². The lowest BCUT2D eigenvalue weighted by atomic mass is 9.76. The average molecular weight is 882 g/mol. The van der Waals surface area contributed by atoms with Crippen LogP contribution in [0.25, 0.3) is 0 Å². The summed E-state index contributed by atoms with van der Waals surface area (Å²) in [6, 6.07) is 10.5. The quantitative estimate of drug-likeness (QED) is 0.0418. The molecule has 0 radical (unpaired) electrons. The Balaban J connectivity index is 1.79. The summed E-state index contributed by atoms with van der Waals surface area (Å²) in [4.78, 5) is 13.0. The van der Waals surface area contributed by atoms with Crippen molar-refractivity contribution in [2.45, 2.75) is 87.4 Å². The smallest absolute Gasteiger partial charge is 0.303 e. The topological polar surface area (TPSA) is 225 Å². The molecule has 4 N–H and O–H groups in total. The van der Waals surface area contributed by atoms with Gasteiger partial charge in [0.1, 0.15) is 6.61 Å². The SMILES string of the molecule is COCCc1ccc2c(c1)C(C)(CCCS(=O)(=O)O)\C(=C/C=C/C=C/C1=[N+](CCOC)c3ccc(S(=O)(=O)O)cc3C1(C)CCCS(=O)(=O)O)N2CCCCCC(=O)O. The number of hydrogen-bond donors (Lipinski definition) is 4. The number of nitrogens with zero attached hydrogens (tertiary/aromatic N) is 2. The molecule has 0 bridgehead atoms.